The monoisotopic (exact) mass is 545 g/mol. The van der Waals surface area contributed by atoms with Crippen LogP contribution in [0.3, 0.4) is 0 Å². The lowest BCUT2D eigenvalue weighted by molar-refractivity contribution is -0.130. The van der Waals surface area contributed by atoms with E-state index in [1.54, 1.807) is 19.0 Å². The van der Waals surface area contributed by atoms with Gasteiger partial charge in [-0.15, -0.1) is 24.0 Å². The van der Waals surface area contributed by atoms with Gasteiger partial charge in [-0.25, -0.2) is 4.99 Å². The molecule has 8 heteroatoms. The van der Waals surface area contributed by atoms with Gasteiger partial charge in [0.2, 0.25) is 5.91 Å². The summed E-state index contributed by atoms with van der Waals surface area (Å²) in [5, 5.41) is 6.92. The van der Waals surface area contributed by atoms with Crippen molar-refractivity contribution in [3.63, 3.8) is 0 Å². The highest BCUT2D eigenvalue weighted by molar-refractivity contribution is 14.0. The molecular formula is C23H40IN5O2. The standard InChI is InChI=1S/C23H39N5O2.HI/c1-7-24-22(25-16-18-10-8-9-11-20(18)30-23(2,3)4)26-19-12-14-28(15-13-19)17-21(29)27(5)6;/h8-11,19H,7,12-17H2,1-6H3,(H2,24,25,26);1H. The molecule has 1 amide bonds. The summed E-state index contributed by atoms with van der Waals surface area (Å²) in [4.78, 5) is 20.6. The quantitative estimate of drug-likeness (QED) is 0.313. The molecule has 31 heavy (non-hydrogen) atoms. The van der Waals surface area contributed by atoms with Gasteiger partial charge in [0.25, 0.3) is 0 Å². The van der Waals surface area contributed by atoms with Gasteiger partial charge in [0.15, 0.2) is 5.96 Å². The zero-order valence-corrected chi connectivity index (χ0v) is 22.2. The van der Waals surface area contributed by atoms with Crippen molar-refractivity contribution in [3.8, 4) is 5.75 Å². The predicted octanol–water partition coefficient (Wildman–Crippen LogP) is 3.09. The summed E-state index contributed by atoms with van der Waals surface area (Å²) in [6, 6.07) is 8.43. The number of ether oxygens (including phenoxy) is 1. The zero-order valence-electron chi connectivity index (χ0n) is 19.9. The van der Waals surface area contributed by atoms with Crippen LogP contribution in [0, 0.1) is 0 Å². The number of para-hydroxylation sites is 1. The Morgan fingerprint density at radius 3 is 2.45 bits per heavy atom. The van der Waals surface area contributed by atoms with Gasteiger partial charge >= 0.3 is 0 Å². The van der Waals surface area contributed by atoms with Crippen LogP contribution in [0.4, 0.5) is 0 Å². The fourth-order valence-electron chi connectivity index (χ4n) is 3.31. The Morgan fingerprint density at radius 2 is 1.87 bits per heavy atom. The van der Waals surface area contributed by atoms with E-state index < -0.39 is 0 Å². The average molecular weight is 546 g/mol. The van der Waals surface area contributed by atoms with Gasteiger partial charge in [0, 0.05) is 45.3 Å². The summed E-state index contributed by atoms with van der Waals surface area (Å²) in [5.74, 6) is 1.86. The largest absolute Gasteiger partial charge is 0.488 e. The molecule has 0 aliphatic carbocycles. The Bertz CT molecular complexity index is 710. The number of likely N-dealkylation sites (N-methyl/N-ethyl adjacent to an activating group) is 1. The number of carbonyl (C=O) groups is 1. The maximum Gasteiger partial charge on any atom is 0.236 e. The van der Waals surface area contributed by atoms with E-state index >= 15 is 0 Å². The summed E-state index contributed by atoms with van der Waals surface area (Å²) < 4.78 is 6.09. The second-order valence-electron chi connectivity index (χ2n) is 9.00. The van der Waals surface area contributed by atoms with Gasteiger partial charge in [0.05, 0.1) is 13.1 Å². The molecule has 0 spiro atoms. The number of likely N-dealkylation sites (tertiary alicyclic amines) is 1. The first-order valence-corrected chi connectivity index (χ1v) is 10.9. The van der Waals surface area contributed by atoms with E-state index in [1.165, 1.54) is 0 Å². The molecule has 1 heterocycles. The van der Waals surface area contributed by atoms with Gasteiger partial charge < -0.3 is 20.3 Å². The topological polar surface area (TPSA) is 69.2 Å². The number of amides is 1. The lowest BCUT2D eigenvalue weighted by Crippen LogP contribution is -2.50. The van der Waals surface area contributed by atoms with E-state index in [1.807, 2.05) is 18.2 Å². The lowest BCUT2D eigenvalue weighted by Gasteiger charge is -2.33. The predicted molar refractivity (Wildman–Crippen MR) is 138 cm³/mol. The minimum Gasteiger partial charge on any atom is -0.488 e. The maximum absolute atomic E-state index is 11.9. The van der Waals surface area contributed by atoms with Gasteiger partial charge in [-0.1, -0.05) is 18.2 Å². The highest BCUT2D eigenvalue weighted by Crippen LogP contribution is 2.23. The van der Waals surface area contributed by atoms with E-state index in [9.17, 15) is 4.79 Å². The Balaban J connectivity index is 0.00000480. The van der Waals surface area contributed by atoms with Crippen molar-refractivity contribution >= 4 is 35.8 Å². The summed E-state index contributed by atoms with van der Waals surface area (Å²) >= 11 is 0. The van der Waals surface area contributed by atoms with Crippen LogP contribution in [0.5, 0.6) is 5.75 Å². The second-order valence-corrected chi connectivity index (χ2v) is 9.00. The average Bonchev–Trinajstić information content (AvgIpc) is 2.67. The first-order chi connectivity index (χ1) is 14.2. The molecule has 2 N–H and O–H groups in total. The SMILES string of the molecule is CCNC(=NCc1ccccc1OC(C)(C)C)NC1CCN(CC(=O)N(C)C)CC1.I. The van der Waals surface area contributed by atoms with E-state index in [0.717, 1.165) is 49.7 Å². The molecule has 1 aliphatic heterocycles. The minimum absolute atomic E-state index is 0. The van der Waals surface area contributed by atoms with Gasteiger partial charge in [-0.3, -0.25) is 9.69 Å². The van der Waals surface area contributed by atoms with Crippen LogP contribution < -0.4 is 15.4 Å². The molecule has 0 saturated carbocycles. The van der Waals surface area contributed by atoms with Crippen LogP contribution in [0.2, 0.25) is 0 Å². The van der Waals surface area contributed by atoms with Crippen molar-refractivity contribution in [2.24, 2.45) is 4.99 Å². The number of rotatable bonds is 7. The Kier molecular flexibility index (Phi) is 11.6. The van der Waals surface area contributed by atoms with Crippen LogP contribution in [-0.2, 0) is 11.3 Å². The Hall–Kier alpha value is -1.55. The number of piperidine rings is 1. The maximum atomic E-state index is 11.9. The molecule has 0 atom stereocenters. The fraction of sp³-hybridized carbons (Fsp3) is 0.652. The highest BCUT2D eigenvalue weighted by Gasteiger charge is 2.22. The molecule has 176 valence electrons. The third-order valence-electron chi connectivity index (χ3n) is 4.93. The number of carbonyl (C=O) groups excluding carboxylic acids is 1. The third-order valence-corrected chi connectivity index (χ3v) is 4.93. The normalized spacial score (nSPS) is 15.7. The number of hydrogen-bond acceptors (Lipinski definition) is 4. The number of aliphatic imine (C=N–C) groups is 1. The van der Waals surface area contributed by atoms with E-state index in [2.05, 4.69) is 49.3 Å². The molecular weight excluding hydrogens is 505 g/mol. The fourth-order valence-corrected chi connectivity index (χ4v) is 3.31. The van der Waals surface area contributed by atoms with E-state index in [4.69, 9.17) is 9.73 Å². The van der Waals surface area contributed by atoms with Crippen LogP contribution in [0.15, 0.2) is 29.3 Å². The minimum atomic E-state index is -0.246. The van der Waals surface area contributed by atoms with Crippen molar-refractivity contribution < 1.29 is 9.53 Å². The molecule has 7 nitrogen and oxygen atoms in total. The molecule has 0 unspecified atom stereocenters. The second kappa shape index (κ2) is 13.1. The molecule has 2 rings (SSSR count). The molecule has 0 radical (unpaired) electrons. The number of guanidine groups is 1. The van der Waals surface area contributed by atoms with Crippen molar-refractivity contribution in [1.29, 1.82) is 0 Å². The summed E-state index contributed by atoms with van der Waals surface area (Å²) in [6.45, 7) is 11.9. The summed E-state index contributed by atoms with van der Waals surface area (Å²) in [6.07, 6.45) is 1.99. The van der Waals surface area contributed by atoms with E-state index in [0.29, 0.717) is 19.1 Å². The van der Waals surface area contributed by atoms with Gasteiger partial charge in [-0.05, 0) is 46.6 Å². The van der Waals surface area contributed by atoms with Crippen LogP contribution in [0.1, 0.15) is 46.1 Å². The highest BCUT2D eigenvalue weighted by atomic mass is 127. The van der Waals surface area contributed by atoms with Gasteiger partial charge in [-0.2, -0.15) is 0 Å². The Morgan fingerprint density at radius 1 is 1.23 bits per heavy atom. The molecule has 1 aromatic rings. The molecule has 0 bridgehead atoms. The molecule has 1 saturated heterocycles. The molecule has 1 aromatic carbocycles. The first kappa shape index (κ1) is 27.5. The van der Waals surface area contributed by atoms with Crippen molar-refractivity contribution in [3.05, 3.63) is 29.8 Å². The number of halogens is 1. The number of nitrogens with zero attached hydrogens (tertiary/aromatic N) is 3. The molecule has 1 aliphatic rings. The third kappa shape index (κ3) is 10.1. The van der Waals surface area contributed by atoms with E-state index in [-0.39, 0.29) is 35.5 Å². The molecule has 0 aromatic heterocycles. The van der Waals surface area contributed by atoms with Crippen LogP contribution in [-0.4, -0.2) is 73.6 Å². The van der Waals surface area contributed by atoms with Crippen molar-refractivity contribution in [2.45, 2.75) is 58.7 Å². The first-order valence-electron chi connectivity index (χ1n) is 10.9. The molecule has 1 fully saturated rings. The smallest absolute Gasteiger partial charge is 0.236 e. The summed E-state index contributed by atoms with van der Waals surface area (Å²) in [5.41, 5.74) is 0.825. The number of nitrogens with one attached hydrogen (secondary N) is 2. The zero-order chi connectivity index (χ0) is 22.1. The van der Waals surface area contributed by atoms with Crippen molar-refractivity contribution in [2.75, 3.05) is 40.3 Å². The number of benzene rings is 1. The Labute approximate surface area is 205 Å². The van der Waals surface area contributed by atoms with Crippen molar-refractivity contribution in [1.82, 2.24) is 20.4 Å². The number of hydrogen-bond donors (Lipinski definition) is 2. The van der Waals surface area contributed by atoms with Gasteiger partial charge in [0.1, 0.15) is 11.4 Å². The van der Waals surface area contributed by atoms with Crippen LogP contribution >= 0.6 is 24.0 Å². The summed E-state index contributed by atoms with van der Waals surface area (Å²) in [7, 11) is 3.61. The lowest BCUT2D eigenvalue weighted by atomic mass is 10.1. The van der Waals surface area contributed by atoms with Crippen LogP contribution in [0.25, 0.3) is 0 Å².